The summed E-state index contributed by atoms with van der Waals surface area (Å²) in [5, 5.41) is 4.43. The average Bonchev–Trinajstić information content (AvgIpc) is 2.99. The minimum absolute atomic E-state index is 0.576. The molecule has 0 aliphatic heterocycles. The molecule has 1 atom stereocenters. The Morgan fingerprint density at radius 1 is 0.900 bits per heavy atom. The molecule has 20 heavy (non-hydrogen) atoms. The molecule has 116 valence electrons. The summed E-state index contributed by atoms with van der Waals surface area (Å²) in [4.78, 5) is 0.576. The third-order valence-corrected chi connectivity index (χ3v) is 5.65. The van der Waals surface area contributed by atoms with Gasteiger partial charge in [0.25, 0.3) is 0 Å². The molecule has 0 N–H and O–H groups in total. The van der Waals surface area contributed by atoms with Crippen LogP contribution in [0.3, 0.4) is 0 Å². The van der Waals surface area contributed by atoms with Gasteiger partial charge >= 0.3 is 0 Å². The van der Waals surface area contributed by atoms with Crippen molar-refractivity contribution in [2.24, 2.45) is 0 Å². The van der Waals surface area contributed by atoms with Crippen LogP contribution < -0.4 is 0 Å². The summed E-state index contributed by atoms with van der Waals surface area (Å²) in [5.74, 6) is 0. The van der Waals surface area contributed by atoms with Crippen molar-refractivity contribution in [3.05, 3.63) is 22.4 Å². The highest BCUT2D eigenvalue weighted by molar-refractivity contribution is 9.09. The maximum absolute atomic E-state index is 3.80. The zero-order valence-electron chi connectivity index (χ0n) is 13.1. The second-order valence-electron chi connectivity index (χ2n) is 5.85. The molecule has 0 radical (unpaired) electrons. The Morgan fingerprint density at radius 2 is 1.45 bits per heavy atom. The van der Waals surface area contributed by atoms with Gasteiger partial charge in [0.15, 0.2) is 0 Å². The van der Waals surface area contributed by atoms with Crippen molar-refractivity contribution in [1.29, 1.82) is 0 Å². The summed E-state index contributed by atoms with van der Waals surface area (Å²) in [6.07, 6.45) is 17.0. The summed E-state index contributed by atoms with van der Waals surface area (Å²) in [7, 11) is 0. The molecule has 0 aromatic carbocycles. The van der Waals surface area contributed by atoms with Crippen molar-refractivity contribution < 1.29 is 0 Å². The quantitative estimate of drug-likeness (QED) is 0.248. The number of hydrogen-bond acceptors (Lipinski definition) is 1. The van der Waals surface area contributed by atoms with Crippen LogP contribution in [0.5, 0.6) is 0 Å². The van der Waals surface area contributed by atoms with Crippen LogP contribution in [0.15, 0.2) is 16.8 Å². The van der Waals surface area contributed by atoms with Crippen molar-refractivity contribution in [3.8, 4) is 0 Å². The Bertz CT molecular complexity index is 294. The van der Waals surface area contributed by atoms with E-state index in [0.29, 0.717) is 4.83 Å². The highest BCUT2D eigenvalue weighted by atomic mass is 79.9. The third kappa shape index (κ3) is 9.18. The van der Waals surface area contributed by atoms with E-state index in [1.807, 2.05) is 0 Å². The van der Waals surface area contributed by atoms with Crippen molar-refractivity contribution >= 4 is 27.3 Å². The van der Waals surface area contributed by atoms with Gasteiger partial charge in [-0.2, -0.15) is 11.3 Å². The smallest absolute Gasteiger partial charge is 0.0403 e. The van der Waals surface area contributed by atoms with Crippen LogP contribution >= 0.6 is 27.3 Å². The van der Waals surface area contributed by atoms with Gasteiger partial charge < -0.3 is 0 Å². The molecule has 0 spiro atoms. The minimum atomic E-state index is 0.576. The minimum Gasteiger partial charge on any atom is -0.152 e. The van der Waals surface area contributed by atoms with E-state index in [2.05, 4.69) is 39.7 Å². The molecule has 1 rings (SSSR count). The van der Waals surface area contributed by atoms with E-state index in [9.17, 15) is 0 Å². The molecule has 0 saturated carbocycles. The molecule has 2 heteroatoms. The van der Waals surface area contributed by atoms with E-state index in [0.717, 1.165) is 0 Å². The van der Waals surface area contributed by atoms with Crippen LogP contribution in [0.25, 0.3) is 0 Å². The third-order valence-electron chi connectivity index (χ3n) is 3.97. The number of alkyl halides is 1. The van der Waals surface area contributed by atoms with Crippen LogP contribution in [0.2, 0.25) is 0 Å². The normalized spacial score (nSPS) is 12.7. The lowest BCUT2D eigenvalue weighted by molar-refractivity contribution is 0.543. The van der Waals surface area contributed by atoms with Gasteiger partial charge in [0, 0.05) is 4.83 Å². The lowest BCUT2D eigenvalue weighted by Crippen LogP contribution is -1.88. The molecule has 1 unspecified atom stereocenters. The fourth-order valence-electron chi connectivity index (χ4n) is 2.61. The van der Waals surface area contributed by atoms with Gasteiger partial charge in [-0.25, -0.2) is 0 Å². The van der Waals surface area contributed by atoms with Gasteiger partial charge in [0.05, 0.1) is 0 Å². The Balaban J connectivity index is 1.81. The molecule has 0 bridgehead atoms. The number of unbranched alkanes of at least 4 members (excludes halogenated alkanes) is 10. The standard InChI is InChI=1S/C18H31BrS/c1-2-3-4-5-6-7-8-9-10-11-12-13-18(19)17-14-15-20-16-17/h14-16,18H,2-13H2,1H3. The molecule has 0 aliphatic rings. The van der Waals surface area contributed by atoms with E-state index >= 15 is 0 Å². The van der Waals surface area contributed by atoms with Gasteiger partial charge in [-0.05, 0) is 28.8 Å². The highest BCUT2D eigenvalue weighted by Gasteiger charge is 2.06. The first-order chi connectivity index (χ1) is 9.84. The predicted octanol–water partition coefficient (Wildman–Crippen LogP) is 7.89. The van der Waals surface area contributed by atoms with E-state index in [1.54, 1.807) is 11.3 Å². The molecule has 0 fully saturated rings. The predicted molar refractivity (Wildman–Crippen MR) is 97.1 cm³/mol. The first-order valence-corrected chi connectivity index (χ1v) is 10.4. The zero-order valence-corrected chi connectivity index (χ0v) is 15.5. The van der Waals surface area contributed by atoms with Crippen molar-refractivity contribution in [1.82, 2.24) is 0 Å². The molecule has 0 amide bonds. The average molecular weight is 359 g/mol. The Hall–Kier alpha value is 0.180. The summed E-state index contributed by atoms with van der Waals surface area (Å²) >= 11 is 5.59. The number of thiophene rings is 1. The molecule has 0 nitrogen and oxygen atoms in total. The van der Waals surface area contributed by atoms with E-state index in [-0.39, 0.29) is 0 Å². The summed E-state index contributed by atoms with van der Waals surface area (Å²) < 4.78 is 0. The molecule has 1 aromatic rings. The van der Waals surface area contributed by atoms with Crippen LogP contribution in [-0.4, -0.2) is 0 Å². The summed E-state index contributed by atoms with van der Waals surface area (Å²) in [6, 6.07) is 2.24. The van der Waals surface area contributed by atoms with Gasteiger partial charge in [-0.15, -0.1) is 0 Å². The van der Waals surface area contributed by atoms with Crippen LogP contribution in [-0.2, 0) is 0 Å². The van der Waals surface area contributed by atoms with Gasteiger partial charge in [0.1, 0.15) is 0 Å². The van der Waals surface area contributed by atoms with Crippen molar-refractivity contribution in [2.75, 3.05) is 0 Å². The molecular formula is C18H31BrS. The first-order valence-electron chi connectivity index (χ1n) is 8.50. The number of rotatable bonds is 13. The topological polar surface area (TPSA) is 0 Å². The van der Waals surface area contributed by atoms with E-state index < -0.39 is 0 Å². The second-order valence-corrected chi connectivity index (χ2v) is 7.73. The molecule has 1 aromatic heterocycles. The molecule has 1 heterocycles. The van der Waals surface area contributed by atoms with Crippen LogP contribution in [0, 0.1) is 0 Å². The van der Waals surface area contributed by atoms with Crippen molar-refractivity contribution in [2.45, 2.75) is 88.8 Å². The van der Waals surface area contributed by atoms with Gasteiger partial charge in [-0.3, -0.25) is 0 Å². The first kappa shape index (κ1) is 18.2. The van der Waals surface area contributed by atoms with Crippen molar-refractivity contribution in [3.63, 3.8) is 0 Å². The number of halogens is 1. The second kappa shape index (κ2) is 12.9. The fraction of sp³-hybridized carbons (Fsp3) is 0.778. The Labute approximate surface area is 138 Å². The lowest BCUT2D eigenvalue weighted by Gasteiger charge is -2.07. The van der Waals surface area contributed by atoms with Gasteiger partial charge in [-0.1, -0.05) is 93.5 Å². The SMILES string of the molecule is CCCCCCCCCCCCCC(Br)c1ccsc1. The number of hydrogen-bond donors (Lipinski definition) is 0. The zero-order chi connectivity index (χ0) is 14.5. The van der Waals surface area contributed by atoms with Crippen LogP contribution in [0.1, 0.15) is 94.4 Å². The summed E-state index contributed by atoms with van der Waals surface area (Å²) in [6.45, 7) is 2.29. The highest BCUT2D eigenvalue weighted by Crippen LogP contribution is 2.30. The largest absolute Gasteiger partial charge is 0.152 e. The molecule has 0 saturated heterocycles. The van der Waals surface area contributed by atoms with Gasteiger partial charge in [0.2, 0.25) is 0 Å². The van der Waals surface area contributed by atoms with E-state index in [1.165, 1.54) is 82.6 Å². The maximum atomic E-state index is 3.80. The monoisotopic (exact) mass is 358 g/mol. The summed E-state index contributed by atoms with van der Waals surface area (Å²) in [5.41, 5.74) is 1.46. The maximum Gasteiger partial charge on any atom is 0.0403 e. The Kier molecular flexibility index (Phi) is 11.7. The van der Waals surface area contributed by atoms with Crippen LogP contribution in [0.4, 0.5) is 0 Å². The van der Waals surface area contributed by atoms with E-state index in [4.69, 9.17) is 0 Å². The fourth-order valence-corrected chi connectivity index (χ4v) is 4.11. The Morgan fingerprint density at radius 3 is 1.95 bits per heavy atom. The molecule has 0 aliphatic carbocycles. The molecular weight excluding hydrogens is 328 g/mol. The lowest BCUT2D eigenvalue weighted by atomic mass is 10.0.